The van der Waals surface area contributed by atoms with Crippen molar-refractivity contribution in [1.29, 1.82) is 0 Å². The summed E-state index contributed by atoms with van der Waals surface area (Å²) < 4.78 is 11.2. The lowest BCUT2D eigenvalue weighted by molar-refractivity contribution is -0.129. The Morgan fingerprint density at radius 1 is 1.18 bits per heavy atom. The number of fused-ring (bicyclic) bond motifs is 1. The maximum absolute atomic E-state index is 13.7. The van der Waals surface area contributed by atoms with Gasteiger partial charge in [0.2, 0.25) is 5.78 Å². The highest BCUT2D eigenvalue weighted by molar-refractivity contribution is 6.31. The molecule has 1 unspecified atom stereocenters. The van der Waals surface area contributed by atoms with Crippen molar-refractivity contribution in [2.24, 2.45) is 0 Å². The van der Waals surface area contributed by atoms with Crippen LogP contribution in [0.5, 0.6) is 5.75 Å². The second-order valence-electron chi connectivity index (χ2n) is 8.07. The number of benzene rings is 2. The minimum atomic E-state index is -0.726. The van der Waals surface area contributed by atoms with Gasteiger partial charge in [-0.25, -0.2) is 0 Å². The molecule has 1 aromatic heterocycles. The zero-order valence-corrected chi connectivity index (χ0v) is 20.1. The van der Waals surface area contributed by atoms with Gasteiger partial charge >= 0.3 is 0 Å². The Morgan fingerprint density at radius 3 is 2.53 bits per heavy atom. The summed E-state index contributed by atoms with van der Waals surface area (Å²) in [6.07, 6.45) is 0. The Kier molecular flexibility index (Phi) is 6.95. The van der Waals surface area contributed by atoms with Gasteiger partial charge in [-0.3, -0.25) is 9.59 Å². The van der Waals surface area contributed by atoms with Crippen molar-refractivity contribution < 1.29 is 23.8 Å². The summed E-state index contributed by atoms with van der Waals surface area (Å²) in [7, 11) is 1.48. The van der Waals surface area contributed by atoms with Crippen LogP contribution in [-0.4, -0.2) is 59.9 Å². The lowest BCUT2D eigenvalue weighted by Gasteiger charge is -2.29. The fourth-order valence-corrected chi connectivity index (χ4v) is 4.59. The quantitative estimate of drug-likeness (QED) is 0.431. The predicted octanol–water partition coefficient (Wildman–Crippen LogP) is 5.01. The summed E-state index contributed by atoms with van der Waals surface area (Å²) in [5, 5.41) is 11.9. The summed E-state index contributed by atoms with van der Waals surface area (Å²) in [6.45, 7) is 6.77. The first-order valence-corrected chi connectivity index (χ1v) is 11.6. The van der Waals surface area contributed by atoms with E-state index in [9.17, 15) is 14.7 Å². The van der Waals surface area contributed by atoms with E-state index in [2.05, 4.69) is 18.7 Å². The molecule has 2 aromatic carbocycles. The third-order valence-corrected chi connectivity index (χ3v) is 6.42. The van der Waals surface area contributed by atoms with Crippen LogP contribution in [0, 0.1) is 0 Å². The Balaban J connectivity index is 1.76. The molecule has 0 aliphatic carbocycles. The van der Waals surface area contributed by atoms with Gasteiger partial charge in [0.1, 0.15) is 0 Å². The molecule has 3 aromatic rings. The van der Waals surface area contributed by atoms with E-state index in [4.69, 9.17) is 20.8 Å². The second kappa shape index (κ2) is 9.91. The lowest BCUT2D eigenvalue weighted by atomic mass is 9.95. The molecule has 1 aliphatic rings. The molecule has 34 heavy (non-hydrogen) atoms. The molecular weight excluding hydrogens is 456 g/mol. The molecule has 1 atom stereocenters. The number of hydrogen-bond donors (Lipinski definition) is 1. The molecule has 0 radical (unpaired) electrons. The molecule has 4 rings (SSSR count). The number of nitrogens with zero attached hydrogens (tertiary/aromatic N) is 2. The Bertz CT molecular complexity index is 1250. The monoisotopic (exact) mass is 482 g/mol. The number of ketones is 1. The fourth-order valence-electron chi connectivity index (χ4n) is 4.37. The van der Waals surface area contributed by atoms with Crippen molar-refractivity contribution in [2.45, 2.75) is 19.9 Å². The van der Waals surface area contributed by atoms with Crippen LogP contribution in [0.25, 0.3) is 11.0 Å². The molecule has 0 saturated carbocycles. The first-order chi connectivity index (χ1) is 16.4. The van der Waals surface area contributed by atoms with Gasteiger partial charge in [0, 0.05) is 29.6 Å². The predicted molar refractivity (Wildman–Crippen MR) is 130 cm³/mol. The molecule has 2 heterocycles. The Hall–Kier alpha value is -3.29. The van der Waals surface area contributed by atoms with E-state index in [1.54, 1.807) is 23.1 Å². The molecular formula is C26H27ClN2O5. The van der Waals surface area contributed by atoms with Crippen LogP contribution in [0.3, 0.4) is 0 Å². The van der Waals surface area contributed by atoms with Gasteiger partial charge < -0.3 is 24.1 Å². The van der Waals surface area contributed by atoms with Crippen LogP contribution < -0.4 is 4.74 Å². The lowest BCUT2D eigenvalue weighted by Crippen LogP contribution is -2.38. The van der Waals surface area contributed by atoms with Crippen LogP contribution in [0.15, 0.2) is 64.3 Å². The number of Topliss-reactive ketones (excluding diaryl/α,β-unsaturated/α-hetero) is 1. The van der Waals surface area contributed by atoms with Gasteiger partial charge in [-0.2, -0.15) is 0 Å². The van der Waals surface area contributed by atoms with E-state index in [1.165, 1.54) is 7.11 Å². The van der Waals surface area contributed by atoms with Gasteiger partial charge in [0.05, 0.1) is 18.7 Å². The van der Waals surface area contributed by atoms with Crippen LogP contribution in [0.4, 0.5) is 0 Å². The second-order valence-corrected chi connectivity index (χ2v) is 8.50. The van der Waals surface area contributed by atoms with Gasteiger partial charge in [0.15, 0.2) is 22.9 Å². The van der Waals surface area contributed by atoms with Crippen molar-refractivity contribution >= 4 is 34.3 Å². The van der Waals surface area contributed by atoms with E-state index < -0.39 is 23.5 Å². The molecule has 0 fully saturated rings. The van der Waals surface area contributed by atoms with Crippen LogP contribution in [0.1, 0.15) is 36.0 Å². The zero-order chi connectivity index (χ0) is 24.4. The summed E-state index contributed by atoms with van der Waals surface area (Å²) in [5.41, 5.74) is 1.11. The maximum Gasteiger partial charge on any atom is 0.290 e. The summed E-state index contributed by atoms with van der Waals surface area (Å²) in [4.78, 5) is 30.5. The molecule has 7 nitrogen and oxygen atoms in total. The number of furan rings is 1. The van der Waals surface area contributed by atoms with Gasteiger partial charge in [-0.05, 0) is 30.8 Å². The average molecular weight is 483 g/mol. The summed E-state index contributed by atoms with van der Waals surface area (Å²) in [5.74, 6) is -1.29. The van der Waals surface area contributed by atoms with Crippen molar-refractivity contribution in [1.82, 2.24) is 9.80 Å². The first-order valence-electron chi connectivity index (χ1n) is 11.2. The number of rotatable bonds is 9. The maximum atomic E-state index is 13.7. The number of carbonyl (C=O) groups is 2. The molecule has 1 N–H and O–H groups in total. The van der Waals surface area contributed by atoms with Crippen LogP contribution in [0.2, 0.25) is 5.02 Å². The largest absolute Gasteiger partial charge is 0.503 e. The van der Waals surface area contributed by atoms with E-state index in [-0.39, 0.29) is 11.3 Å². The van der Waals surface area contributed by atoms with Crippen LogP contribution in [-0.2, 0) is 4.79 Å². The van der Waals surface area contributed by atoms with E-state index >= 15 is 0 Å². The minimum absolute atomic E-state index is 0.000123. The third-order valence-electron chi connectivity index (χ3n) is 6.21. The van der Waals surface area contributed by atoms with E-state index in [0.717, 1.165) is 18.7 Å². The number of aliphatic hydroxyl groups is 1. The number of halogens is 1. The molecule has 0 spiro atoms. The molecule has 0 bridgehead atoms. The van der Waals surface area contributed by atoms with Gasteiger partial charge in [-0.15, -0.1) is 0 Å². The first kappa shape index (κ1) is 23.9. The van der Waals surface area contributed by atoms with E-state index in [1.807, 2.05) is 30.3 Å². The minimum Gasteiger partial charge on any atom is -0.503 e. The number of likely N-dealkylation sites (N-methyl/N-ethyl adjacent to an activating group) is 1. The van der Waals surface area contributed by atoms with Crippen molar-refractivity contribution in [3.8, 4) is 5.75 Å². The van der Waals surface area contributed by atoms with Gasteiger partial charge in [-0.1, -0.05) is 55.8 Å². The molecule has 8 heteroatoms. The van der Waals surface area contributed by atoms with Crippen molar-refractivity contribution in [2.75, 3.05) is 33.3 Å². The van der Waals surface area contributed by atoms with Crippen LogP contribution >= 0.6 is 11.6 Å². The van der Waals surface area contributed by atoms with Crippen molar-refractivity contribution in [3.05, 3.63) is 76.2 Å². The van der Waals surface area contributed by atoms with Gasteiger partial charge in [0.25, 0.3) is 5.91 Å². The SMILES string of the molecule is CCN(CC)CCN1C(=O)C(O)=C(C(=O)c2cc3cc(Cl)cc(OC)c3o2)C1c1ccccc1. The average Bonchev–Trinajstić information content (AvgIpc) is 3.38. The highest BCUT2D eigenvalue weighted by Gasteiger charge is 2.44. The Labute approximate surface area is 203 Å². The number of carbonyl (C=O) groups excluding carboxylic acids is 2. The zero-order valence-electron chi connectivity index (χ0n) is 19.4. The third kappa shape index (κ3) is 4.29. The topological polar surface area (TPSA) is 83.2 Å². The van der Waals surface area contributed by atoms with E-state index in [0.29, 0.717) is 34.8 Å². The fraction of sp³-hybridized carbons (Fsp3) is 0.308. The number of hydrogen-bond acceptors (Lipinski definition) is 6. The molecule has 0 saturated heterocycles. The number of aliphatic hydroxyl groups excluding tert-OH is 1. The standard InChI is InChI=1S/C26H27ClN2O5/c1-4-28(5-2)11-12-29-22(16-9-7-6-8-10-16)21(24(31)26(29)32)23(30)19-14-17-13-18(27)15-20(33-3)25(17)34-19/h6-10,13-15,22,31H,4-5,11-12H2,1-3H3. The number of methoxy groups -OCH3 is 1. The summed E-state index contributed by atoms with van der Waals surface area (Å²) >= 11 is 6.16. The Morgan fingerprint density at radius 2 is 1.88 bits per heavy atom. The number of ether oxygens (including phenoxy) is 1. The molecule has 1 amide bonds. The van der Waals surface area contributed by atoms with Crippen molar-refractivity contribution in [3.63, 3.8) is 0 Å². The number of amides is 1. The summed E-state index contributed by atoms with van der Waals surface area (Å²) in [6, 6.07) is 13.3. The molecule has 178 valence electrons. The smallest absolute Gasteiger partial charge is 0.290 e. The highest BCUT2D eigenvalue weighted by Crippen LogP contribution is 2.40. The highest BCUT2D eigenvalue weighted by atomic mass is 35.5. The molecule has 1 aliphatic heterocycles. The normalized spacial score (nSPS) is 16.2.